The van der Waals surface area contributed by atoms with Gasteiger partial charge in [0.25, 0.3) is 5.91 Å². The van der Waals surface area contributed by atoms with Crippen LogP contribution >= 0.6 is 0 Å². The molecule has 0 saturated carbocycles. The Morgan fingerprint density at radius 1 is 1.20 bits per heavy atom. The zero-order chi connectivity index (χ0) is 30.3. The minimum Gasteiger partial charge on any atom is -0.483 e. The number of nitrogens with zero attached hydrogens (tertiary/aromatic N) is 4. The molecular formula is C28H39F3N4O5Si. The van der Waals surface area contributed by atoms with Crippen molar-refractivity contribution in [3.05, 3.63) is 29.3 Å². The molecule has 3 aliphatic heterocycles. The maximum Gasteiger partial charge on any atom is 0.417 e. The van der Waals surface area contributed by atoms with E-state index in [1.54, 1.807) is 38.7 Å². The topological polar surface area (TPSA) is 83.9 Å². The molecule has 0 spiro atoms. The molecule has 3 aliphatic rings. The van der Waals surface area contributed by atoms with Gasteiger partial charge in [0.1, 0.15) is 30.7 Å². The normalized spacial score (nSPS) is 19.7. The van der Waals surface area contributed by atoms with E-state index in [0.29, 0.717) is 23.7 Å². The molecular weight excluding hydrogens is 557 g/mol. The van der Waals surface area contributed by atoms with Crippen molar-refractivity contribution >= 4 is 37.2 Å². The zero-order valence-electron chi connectivity index (χ0n) is 24.7. The quantitative estimate of drug-likeness (QED) is 0.306. The van der Waals surface area contributed by atoms with Crippen molar-refractivity contribution in [3.8, 4) is 5.75 Å². The molecule has 1 aromatic rings. The van der Waals surface area contributed by atoms with E-state index in [1.165, 1.54) is 16.0 Å². The number of halogens is 3. The van der Waals surface area contributed by atoms with E-state index in [2.05, 4.69) is 24.7 Å². The van der Waals surface area contributed by atoms with Gasteiger partial charge in [-0.05, 0) is 63.4 Å². The predicted octanol–water partition coefficient (Wildman–Crippen LogP) is 5.78. The van der Waals surface area contributed by atoms with Gasteiger partial charge < -0.3 is 24.0 Å². The summed E-state index contributed by atoms with van der Waals surface area (Å²) in [7, 11) is -1.30. The second kappa shape index (κ2) is 11.3. The highest BCUT2D eigenvalue weighted by molar-refractivity contribution is 6.76. The van der Waals surface area contributed by atoms with Gasteiger partial charge >= 0.3 is 12.3 Å². The van der Waals surface area contributed by atoms with Crippen molar-refractivity contribution in [2.45, 2.75) is 77.6 Å². The molecule has 2 amide bonds. The molecule has 4 rings (SSSR count). The van der Waals surface area contributed by atoms with Gasteiger partial charge in [-0.15, -0.1) is 0 Å². The average Bonchev–Trinajstić information content (AvgIpc) is 2.86. The summed E-state index contributed by atoms with van der Waals surface area (Å²) in [6, 6.07) is 2.63. The van der Waals surface area contributed by atoms with Crippen LogP contribution in [0.3, 0.4) is 0 Å². The van der Waals surface area contributed by atoms with Gasteiger partial charge in [0.2, 0.25) is 0 Å². The minimum absolute atomic E-state index is 0.00283. The van der Waals surface area contributed by atoms with Crippen LogP contribution in [0.4, 0.5) is 23.7 Å². The summed E-state index contributed by atoms with van der Waals surface area (Å²) in [5.41, 5.74) is -0.727. The van der Waals surface area contributed by atoms with Gasteiger partial charge in [-0.3, -0.25) is 4.79 Å². The summed E-state index contributed by atoms with van der Waals surface area (Å²) in [5, 5.41) is 5.69. The van der Waals surface area contributed by atoms with E-state index in [4.69, 9.17) is 14.2 Å². The first kappa shape index (κ1) is 30.9. The highest BCUT2D eigenvalue weighted by Crippen LogP contribution is 2.45. The summed E-state index contributed by atoms with van der Waals surface area (Å²) in [5.74, 6) is 0.130. The lowest BCUT2D eigenvalue weighted by molar-refractivity contribution is -0.139. The van der Waals surface area contributed by atoms with Crippen molar-refractivity contribution < 1.29 is 37.0 Å². The van der Waals surface area contributed by atoms with Crippen LogP contribution in [-0.4, -0.2) is 80.5 Å². The van der Waals surface area contributed by atoms with E-state index in [0.717, 1.165) is 12.1 Å². The fourth-order valence-corrected chi connectivity index (χ4v) is 5.53. The first-order chi connectivity index (χ1) is 18.9. The molecule has 0 aromatic heterocycles. The van der Waals surface area contributed by atoms with Gasteiger partial charge in [-0.2, -0.15) is 18.3 Å². The molecule has 0 radical (unpaired) electrons. The third kappa shape index (κ3) is 7.24. The smallest absolute Gasteiger partial charge is 0.417 e. The number of alkyl halides is 3. The number of hydrazone groups is 1. The molecule has 0 N–H and O–H groups in total. The fourth-order valence-electron chi connectivity index (χ4n) is 4.78. The molecule has 0 fully saturated rings. The Bertz CT molecular complexity index is 1250. The van der Waals surface area contributed by atoms with Gasteiger partial charge in [0.05, 0.1) is 11.3 Å². The highest BCUT2D eigenvalue weighted by Gasteiger charge is 2.42. The van der Waals surface area contributed by atoms with Crippen LogP contribution in [-0.2, 0) is 20.4 Å². The Labute approximate surface area is 239 Å². The standard InChI is InChI=1S/C28H39F3N4O5Si/c1-18-25(36)34(17-38-12-13-41(5,6)7)32-24-16-39-23-15-21(28(29,30)31)20(14-22(23)35(18)24)19-8-10-33(11-9-19)26(37)40-27(2,3)4/h8,14-15,18H,9-13,16-17H2,1-7H3. The number of amides is 2. The molecule has 0 bridgehead atoms. The number of hydrogen-bond donors (Lipinski definition) is 0. The number of anilines is 1. The van der Waals surface area contributed by atoms with Crippen molar-refractivity contribution in [1.29, 1.82) is 0 Å². The summed E-state index contributed by atoms with van der Waals surface area (Å²) in [6.07, 6.45) is -3.33. The lowest BCUT2D eigenvalue weighted by Gasteiger charge is -2.41. The third-order valence-corrected chi connectivity index (χ3v) is 8.66. The zero-order valence-corrected chi connectivity index (χ0v) is 25.7. The molecule has 1 unspecified atom stereocenters. The molecule has 13 heteroatoms. The van der Waals surface area contributed by atoms with Crippen LogP contribution in [0, 0.1) is 0 Å². The van der Waals surface area contributed by atoms with E-state index < -0.39 is 37.5 Å². The maximum atomic E-state index is 14.2. The Balaban J connectivity index is 1.62. The predicted molar refractivity (Wildman–Crippen MR) is 153 cm³/mol. The first-order valence-corrected chi connectivity index (χ1v) is 17.5. The van der Waals surface area contributed by atoms with Crippen LogP contribution in [0.15, 0.2) is 23.3 Å². The van der Waals surface area contributed by atoms with Crippen LogP contribution in [0.1, 0.15) is 45.2 Å². The van der Waals surface area contributed by atoms with Gasteiger partial charge in [-0.1, -0.05) is 25.7 Å². The summed E-state index contributed by atoms with van der Waals surface area (Å²) in [6.45, 7) is 14.4. The number of hydrogen-bond acceptors (Lipinski definition) is 7. The molecule has 3 heterocycles. The number of carbonyl (C=O) groups is 2. The summed E-state index contributed by atoms with van der Waals surface area (Å²) in [4.78, 5) is 28.8. The molecule has 0 saturated heterocycles. The van der Waals surface area contributed by atoms with Crippen molar-refractivity contribution in [2.75, 3.05) is 37.9 Å². The van der Waals surface area contributed by atoms with Crippen molar-refractivity contribution in [3.63, 3.8) is 0 Å². The SMILES string of the molecule is CC1C(=O)N(COCC[Si](C)(C)C)N=C2COc3cc(C(F)(F)F)c(C4=CCN(C(=O)OC(C)(C)C)CC4)cc3N21. The lowest BCUT2D eigenvalue weighted by atomic mass is 9.92. The Hall–Kier alpha value is -3.06. The number of amidine groups is 1. The number of carbonyl (C=O) groups excluding carboxylic acids is 2. The van der Waals surface area contributed by atoms with Crippen LogP contribution in [0.25, 0.3) is 5.57 Å². The van der Waals surface area contributed by atoms with Gasteiger partial charge in [0.15, 0.2) is 5.84 Å². The van der Waals surface area contributed by atoms with Crippen molar-refractivity contribution in [2.24, 2.45) is 5.10 Å². The van der Waals surface area contributed by atoms with Crippen LogP contribution in [0.2, 0.25) is 25.7 Å². The largest absolute Gasteiger partial charge is 0.483 e. The maximum absolute atomic E-state index is 14.2. The lowest BCUT2D eigenvalue weighted by Crippen LogP contribution is -2.57. The Morgan fingerprint density at radius 3 is 2.49 bits per heavy atom. The number of ether oxygens (including phenoxy) is 3. The molecule has 9 nitrogen and oxygen atoms in total. The van der Waals surface area contributed by atoms with Crippen LogP contribution < -0.4 is 9.64 Å². The fraction of sp³-hybridized carbons (Fsp3) is 0.607. The molecule has 0 aliphatic carbocycles. The second-order valence-electron chi connectivity index (χ2n) is 12.7. The Morgan fingerprint density at radius 2 is 1.90 bits per heavy atom. The van der Waals surface area contributed by atoms with E-state index >= 15 is 0 Å². The molecule has 226 valence electrons. The summed E-state index contributed by atoms with van der Waals surface area (Å²) >= 11 is 0. The van der Waals surface area contributed by atoms with Crippen LogP contribution in [0.5, 0.6) is 5.75 Å². The van der Waals surface area contributed by atoms with E-state index in [1.807, 2.05) is 0 Å². The number of fused-ring (bicyclic) bond motifs is 3. The molecule has 41 heavy (non-hydrogen) atoms. The van der Waals surface area contributed by atoms with E-state index in [-0.39, 0.29) is 50.1 Å². The van der Waals surface area contributed by atoms with Gasteiger partial charge in [-0.25, -0.2) is 9.80 Å². The average molecular weight is 597 g/mol. The van der Waals surface area contributed by atoms with Gasteiger partial charge in [0, 0.05) is 27.8 Å². The number of rotatable bonds is 6. The second-order valence-corrected chi connectivity index (χ2v) is 18.3. The first-order valence-electron chi connectivity index (χ1n) is 13.8. The van der Waals surface area contributed by atoms with E-state index in [9.17, 15) is 22.8 Å². The summed E-state index contributed by atoms with van der Waals surface area (Å²) < 4.78 is 59.6. The Kier molecular flexibility index (Phi) is 8.52. The van der Waals surface area contributed by atoms with Crippen molar-refractivity contribution in [1.82, 2.24) is 9.91 Å². The molecule has 1 aromatic carbocycles. The number of benzene rings is 1. The highest BCUT2D eigenvalue weighted by atomic mass is 28.3. The molecule has 1 atom stereocenters. The minimum atomic E-state index is -4.64. The monoisotopic (exact) mass is 596 g/mol. The third-order valence-electron chi connectivity index (χ3n) is 6.95.